The third kappa shape index (κ3) is 3.98. The maximum atomic E-state index is 12.9. The summed E-state index contributed by atoms with van der Waals surface area (Å²) in [5.74, 6) is 0. The van der Waals surface area contributed by atoms with Crippen LogP contribution in [-0.2, 0) is 4.74 Å². The number of amides is 2. The van der Waals surface area contributed by atoms with E-state index in [-0.39, 0.29) is 11.6 Å². The summed E-state index contributed by atoms with van der Waals surface area (Å²) in [6.07, 6.45) is 3.04. The number of hydrogen-bond acceptors (Lipinski definition) is 3. The Labute approximate surface area is 151 Å². The molecule has 1 aromatic rings. The van der Waals surface area contributed by atoms with E-state index in [9.17, 15) is 4.79 Å². The molecule has 1 aromatic carbocycles. The Morgan fingerprint density at radius 2 is 1.96 bits per heavy atom. The minimum atomic E-state index is 0.0204. The number of rotatable bonds is 2. The number of nitrogens with zero attached hydrogens (tertiary/aromatic N) is 2. The highest BCUT2D eigenvalue weighted by molar-refractivity contribution is 5.89. The van der Waals surface area contributed by atoms with Gasteiger partial charge in [-0.25, -0.2) is 4.79 Å². The number of carbonyl (C=O) groups excluding carboxylic acids is 1. The predicted molar refractivity (Wildman–Crippen MR) is 101 cm³/mol. The highest BCUT2D eigenvalue weighted by Gasteiger charge is 2.41. The average molecular weight is 345 g/mol. The number of ether oxygens (including phenoxy) is 1. The average Bonchev–Trinajstić information content (AvgIpc) is 2.78. The Morgan fingerprint density at radius 1 is 1.20 bits per heavy atom. The van der Waals surface area contributed by atoms with Gasteiger partial charge in [0.15, 0.2) is 0 Å². The number of nitrogens with one attached hydrogen (secondary N) is 1. The summed E-state index contributed by atoms with van der Waals surface area (Å²) < 4.78 is 5.60. The minimum Gasteiger partial charge on any atom is -0.381 e. The standard InChI is InChI=1S/C20H31N3O2/c1-4-23-11-5-10-22(15-20(23)8-12-25-13-9-20)19(24)21-18-7-6-16(2)17(3)14-18/h6-7,14H,4-5,8-13,15H2,1-3H3,(H,21,24). The van der Waals surface area contributed by atoms with E-state index in [1.165, 1.54) is 11.1 Å². The molecule has 0 aromatic heterocycles. The van der Waals surface area contributed by atoms with Gasteiger partial charge in [0.25, 0.3) is 0 Å². The van der Waals surface area contributed by atoms with Crippen LogP contribution in [0.2, 0.25) is 0 Å². The van der Waals surface area contributed by atoms with E-state index in [1.807, 2.05) is 17.0 Å². The van der Waals surface area contributed by atoms with Crippen LogP contribution in [0, 0.1) is 13.8 Å². The molecule has 0 saturated carbocycles. The fourth-order valence-corrected chi connectivity index (χ4v) is 4.14. The van der Waals surface area contributed by atoms with E-state index < -0.39 is 0 Å². The van der Waals surface area contributed by atoms with Crippen LogP contribution in [0.4, 0.5) is 10.5 Å². The van der Waals surface area contributed by atoms with Gasteiger partial charge in [-0.15, -0.1) is 0 Å². The lowest BCUT2D eigenvalue weighted by molar-refractivity contribution is -0.0286. The summed E-state index contributed by atoms with van der Waals surface area (Å²) in [5, 5.41) is 3.10. The molecule has 0 unspecified atom stereocenters. The van der Waals surface area contributed by atoms with Gasteiger partial charge in [0, 0.05) is 44.1 Å². The van der Waals surface area contributed by atoms with Gasteiger partial charge in [0.1, 0.15) is 0 Å². The predicted octanol–water partition coefficient (Wildman–Crippen LogP) is 3.41. The van der Waals surface area contributed by atoms with Gasteiger partial charge in [0.2, 0.25) is 0 Å². The molecule has 2 aliphatic heterocycles. The number of hydrogen-bond donors (Lipinski definition) is 1. The van der Waals surface area contributed by atoms with E-state index in [0.717, 1.165) is 64.3 Å². The van der Waals surface area contributed by atoms with Crippen molar-refractivity contribution in [1.82, 2.24) is 9.80 Å². The topological polar surface area (TPSA) is 44.8 Å². The van der Waals surface area contributed by atoms with E-state index >= 15 is 0 Å². The van der Waals surface area contributed by atoms with E-state index in [1.54, 1.807) is 0 Å². The van der Waals surface area contributed by atoms with E-state index in [4.69, 9.17) is 4.74 Å². The van der Waals surface area contributed by atoms with E-state index in [2.05, 4.69) is 37.1 Å². The molecule has 2 amide bonds. The molecule has 0 atom stereocenters. The summed E-state index contributed by atoms with van der Waals surface area (Å²) in [7, 11) is 0. The monoisotopic (exact) mass is 345 g/mol. The lowest BCUT2D eigenvalue weighted by atomic mass is 9.87. The zero-order valence-corrected chi connectivity index (χ0v) is 15.8. The zero-order valence-electron chi connectivity index (χ0n) is 15.8. The van der Waals surface area contributed by atoms with Crippen LogP contribution < -0.4 is 5.32 Å². The second kappa shape index (κ2) is 7.75. The summed E-state index contributed by atoms with van der Waals surface area (Å²) in [5.41, 5.74) is 3.40. The number of urea groups is 1. The number of anilines is 1. The number of likely N-dealkylation sites (N-methyl/N-ethyl adjacent to an activating group) is 1. The highest BCUT2D eigenvalue weighted by atomic mass is 16.5. The van der Waals surface area contributed by atoms with Crippen molar-refractivity contribution in [2.24, 2.45) is 0 Å². The zero-order chi connectivity index (χ0) is 17.9. The van der Waals surface area contributed by atoms with Gasteiger partial charge >= 0.3 is 6.03 Å². The van der Waals surface area contributed by atoms with Gasteiger partial charge in [-0.05, 0) is 62.9 Å². The van der Waals surface area contributed by atoms with E-state index in [0.29, 0.717) is 0 Å². The third-order valence-electron chi connectivity index (χ3n) is 5.86. The first-order valence-corrected chi connectivity index (χ1v) is 9.50. The second-order valence-corrected chi connectivity index (χ2v) is 7.42. The number of benzene rings is 1. The normalized spacial score (nSPS) is 21.2. The van der Waals surface area contributed by atoms with Crippen molar-refractivity contribution in [1.29, 1.82) is 0 Å². The Morgan fingerprint density at radius 3 is 2.64 bits per heavy atom. The van der Waals surface area contributed by atoms with Crippen molar-refractivity contribution in [3.05, 3.63) is 29.3 Å². The molecule has 0 aliphatic carbocycles. The SMILES string of the molecule is CCN1CCCN(C(=O)Nc2ccc(C)c(C)c2)CC12CCOCC2. The lowest BCUT2D eigenvalue weighted by Gasteiger charge is -2.46. The molecular weight excluding hydrogens is 314 g/mol. The van der Waals surface area contributed by atoms with Crippen molar-refractivity contribution in [2.45, 2.75) is 45.6 Å². The van der Waals surface area contributed by atoms with Crippen LogP contribution in [0.5, 0.6) is 0 Å². The molecule has 2 aliphatic rings. The molecular formula is C20H31N3O2. The van der Waals surface area contributed by atoms with Gasteiger partial charge < -0.3 is 15.0 Å². The second-order valence-electron chi connectivity index (χ2n) is 7.42. The summed E-state index contributed by atoms with van der Waals surface area (Å²) in [6.45, 7) is 11.7. The van der Waals surface area contributed by atoms with Crippen molar-refractivity contribution in [3.63, 3.8) is 0 Å². The Bertz CT molecular complexity index is 611. The fourth-order valence-electron chi connectivity index (χ4n) is 4.14. The van der Waals surface area contributed by atoms with Crippen LogP contribution in [-0.4, -0.2) is 60.8 Å². The maximum Gasteiger partial charge on any atom is 0.321 e. The quantitative estimate of drug-likeness (QED) is 0.893. The molecule has 5 nitrogen and oxygen atoms in total. The molecule has 2 fully saturated rings. The lowest BCUT2D eigenvalue weighted by Crippen LogP contribution is -2.57. The smallest absolute Gasteiger partial charge is 0.321 e. The van der Waals surface area contributed by atoms with Crippen LogP contribution in [0.1, 0.15) is 37.3 Å². The van der Waals surface area contributed by atoms with Gasteiger partial charge in [-0.2, -0.15) is 0 Å². The van der Waals surface area contributed by atoms with Gasteiger partial charge in [-0.3, -0.25) is 4.90 Å². The van der Waals surface area contributed by atoms with Crippen molar-refractivity contribution in [3.8, 4) is 0 Å². The Hall–Kier alpha value is -1.59. The fraction of sp³-hybridized carbons (Fsp3) is 0.650. The van der Waals surface area contributed by atoms with Gasteiger partial charge in [0.05, 0.1) is 0 Å². The van der Waals surface area contributed by atoms with Crippen LogP contribution in [0.25, 0.3) is 0 Å². The molecule has 138 valence electrons. The molecule has 2 saturated heterocycles. The van der Waals surface area contributed by atoms with Crippen LogP contribution in [0.15, 0.2) is 18.2 Å². The minimum absolute atomic E-state index is 0.0204. The highest BCUT2D eigenvalue weighted by Crippen LogP contribution is 2.31. The molecule has 5 heteroatoms. The van der Waals surface area contributed by atoms with Crippen molar-refractivity contribution in [2.75, 3.05) is 44.7 Å². The Kier molecular flexibility index (Phi) is 5.64. The summed E-state index contributed by atoms with van der Waals surface area (Å²) >= 11 is 0. The van der Waals surface area contributed by atoms with Crippen LogP contribution in [0.3, 0.4) is 0 Å². The molecule has 2 heterocycles. The largest absolute Gasteiger partial charge is 0.381 e. The first-order valence-electron chi connectivity index (χ1n) is 9.50. The molecule has 3 rings (SSSR count). The maximum absolute atomic E-state index is 12.9. The van der Waals surface area contributed by atoms with Gasteiger partial charge in [-0.1, -0.05) is 13.0 Å². The van der Waals surface area contributed by atoms with Crippen molar-refractivity contribution < 1.29 is 9.53 Å². The third-order valence-corrected chi connectivity index (χ3v) is 5.86. The molecule has 1 spiro atoms. The molecule has 25 heavy (non-hydrogen) atoms. The first kappa shape index (κ1) is 18.2. The van der Waals surface area contributed by atoms with Crippen LogP contribution >= 0.6 is 0 Å². The Balaban J connectivity index is 1.74. The van der Waals surface area contributed by atoms with Crippen molar-refractivity contribution >= 4 is 11.7 Å². The first-order chi connectivity index (χ1) is 12.0. The molecule has 0 radical (unpaired) electrons. The summed E-state index contributed by atoms with van der Waals surface area (Å²) in [6, 6.07) is 6.12. The molecule has 0 bridgehead atoms. The number of aryl methyl sites for hydroxylation is 2. The number of carbonyl (C=O) groups is 1. The molecule has 1 N–H and O–H groups in total. The summed E-state index contributed by atoms with van der Waals surface area (Å²) in [4.78, 5) is 17.5.